The van der Waals surface area contributed by atoms with Crippen molar-refractivity contribution in [2.75, 3.05) is 11.9 Å². The number of thiazole rings is 1. The van der Waals surface area contributed by atoms with Crippen LogP contribution in [-0.4, -0.2) is 76.5 Å². The van der Waals surface area contributed by atoms with Gasteiger partial charge in [-0.3, -0.25) is 19.1 Å². The number of hydrogen-bond acceptors (Lipinski definition) is 11. The molecule has 0 radical (unpaired) electrons. The highest BCUT2D eigenvalue weighted by Gasteiger charge is 2.62. The molecule has 262 valence electrons. The minimum atomic E-state index is -3.82. The molecule has 2 aromatic heterocycles. The van der Waals surface area contributed by atoms with Crippen molar-refractivity contribution in [2.24, 2.45) is 5.92 Å². The summed E-state index contributed by atoms with van der Waals surface area (Å²) in [5.74, 6) is -1.69. The van der Waals surface area contributed by atoms with Gasteiger partial charge in [0.1, 0.15) is 35.7 Å². The van der Waals surface area contributed by atoms with E-state index in [1.54, 1.807) is 0 Å². The van der Waals surface area contributed by atoms with E-state index in [2.05, 4.69) is 47.7 Å². The van der Waals surface area contributed by atoms with Crippen LogP contribution in [0.15, 0.2) is 22.6 Å². The Morgan fingerprint density at radius 2 is 1.88 bits per heavy atom. The van der Waals surface area contributed by atoms with Crippen LogP contribution in [0.5, 0.6) is 6.08 Å². The topological polar surface area (TPSA) is 173 Å². The summed E-state index contributed by atoms with van der Waals surface area (Å²) in [6, 6.07) is -1.62. The Labute approximate surface area is 285 Å². The molecule has 4 heterocycles. The Hall–Kier alpha value is -3.46. The first-order valence-electron chi connectivity index (χ1n) is 16.9. The molecule has 2 saturated carbocycles. The van der Waals surface area contributed by atoms with E-state index in [-0.39, 0.29) is 36.3 Å². The van der Waals surface area contributed by atoms with Crippen molar-refractivity contribution in [3.05, 3.63) is 29.6 Å². The first-order valence-corrected chi connectivity index (χ1v) is 19.4. The molecule has 2 aromatic rings. The lowest BCUT2D eigenvalue weighted by molar-refractivity contribution is -0.140. The Morgan fingerprint density at radius 3 is 2.54 bits per heavy atom. The Morgan fingerprint density at radius 1 is 1.15 bits per heavy atom. The van der Waals surface area contributed by atoms with Gasteiger partial charge in [-0.2, -0.15) is 4.98 Å². The third-order valence-corrected chi connectivity index (χ3v) is 12.4. The second kappa shape index (κ2) is 13.4. The average molecular weight is 703 g/mol. The normalized spacial score (nSPS) is 28.7. The summed E-state index contributed by atoms with van der Waals surface area (Å²) in [6.07, 6.45) is 9.53. The van der Waals surface area contributed by atoms with E-state index >= 15 is 0 Å². The molecular formula is C33H46N6O7S2. The molecule has 2 aliphatic heterocycles. The lowest BCUT2D eigenvalue weighted by Gasteiger charge is -2.30. The maximum atomic E-state index is 14.4. The van der Waals surface area contributed by atoms with Crippen molar-refractivity contribution in [1.82, 2.24) is 24.9 Å². The minimum Gasteiger partial charge on any atom is -0.445 e. The lowest BCUT2D eigenvalue weighted by atomic mass is 9.93. The first kappa shape index (κ1) is 34.4. The fourth-order valence-corrected chi connectivity index (χ4v) is 9.00. The Balaban J connectivity index is 1.28. The maximum Gasteiger partial charge on any atom is 0.394 e. The summed E-state index contributed by atoms with van der Waals surface area (Å²) in [7, 11) is -3.82. The van der Waals surface area contributed by atoms with Crippen LogP contribution in [0.3, 0.4) is 0 Å². The number of anilines is 1. The van der Waals surface area contributed by atoms with Gasteiger partial charge in [-0.15, -0.1) is 11.3 Å². The van der Waals surface area contributed by atoms with Crippen molar-refractivity contribution >= 4 is 50.3 Å². The molecule has 3 amide bonds. The number of ether oxygens (including phenoxy) is 1. The average Bonchev–Trinajstić information content (AvgIpc) is 3.82. The summed E-state index contributed by atoms with van der Waals surface area (Å²) in [4.78, 5) is 52.7. The summed E-state index contributed by atoms with van der Waals surface area (Å²) in [5, 5.41) is 8.37. The van der Waals surface area contributed by atoms with Crippen LogP contribution in [0.2, 0.25) is 0 Å². The molecule has 48 heavy (non-hydrogen) atoms. The molecule has 0 spiro atoms. The van der Waals surface area contributed by atoms with Crippen molar-refractivity contribution in [1.29, 1.82) is 0 Å². The fraction of sp³-hybridized carbons (Fsp3) is 0.667. The predicted molar refractivity (Wildman–Crippen MR) is 181 cm³/mol. The maximum absolute atomic E-state index is 14.4. The van der Waals surface area contributed by atoms with Gasteiger partial charge in [0.15, 0.2) is 5.13 Å². The molecule has 13 nitrogen and oxygen atoms in total. The molecule has 2 saturated heterocycles. The summed E-state index contributed by atoms with van der Waals surface area (Å²) >= 11 is 1.44. The molecule has 3 N–H and O–H groups in total. The number of carbonyl (C=O) groups is 3. The van der Waals surface area contributed by atoms with E-state index in [0.29, 0.717) is 42.9 Å². The van der Waals surface area contributed by atoms with Gasteiger partial charge in [-0.1, -0.05) is 59.5 Å². The first-order chi connectivity index (χ1) is 22.8. The van der Waals surface area contributed by atoms with Gasteiger partial charge in [0, 0.05) is 17.2 Å². The second-order valence-corrected chi connectivity index (χ2v) is 17.4. The standard InChI is InChI=1S/C33H46N6O7S2/c1-5-21-18-45-31(34-21)46-22-15-25-27(40)37-33(29(42)38-48(43,44)23-13-14-23)16-20(33)11-9-7-6-8-10-12-24(28(41)39(25)17-22)35-30-36-26(19-47-30)32(2,3)4/h5,18-20,22-25H,1,6-17H2,2-4H3,(H,35,36)(H,37,40)(H,38,42)/t20-,22-,24+,25+,33-/m1/s1. The number of amides is 3. The third kappa shape index (κ3) is 7.56. The monoisotopic (exact) mass is 702 g/mol. The Bertz CT molecular complexity index is 1640. The number of nitrogens with zero attached hydrogens (tertiary/aromatic N) is 3. The van der Waals surface area contributed by atoms with Gasteiger partial charge >= 0.3 is 6.08 Å². The van der Waals surface area contributed by atoms with Crippen LogP contribution in [0.4, 0.5) is 5.13 Å². The number of aromatic nitrogens is 2. The summed E-state index contributed by atoms with van der Waals surface area (Å²) in [6.45, 7) is 10.0. The van der Waals surface area contributed by atoms with Crippen LogP contribution in [0.1, 0.15) is 103 Å². The SMILES string of the molecule is C=Cc1coc(O[C@@H]2C[C@H]3C(=O)N[C@]4(C(=O)NS(=O)(=O)C5CC5)C[C@H]4CCCCCCC[C@H](Nc4nc(C(C)(C)C)cs4)C(=O)N3C2)n1. The third-order valence-electron chi connectivity index (χ3n) is 9.79. The number of oxazole rings is 1. The molecule has 5 atom stereocenters. The van der Waals surface area contributed by atoms with Crippen molar-refractivity contribution < 1.29 is 32.0 Å². The zero-order valence-corrected chi connectivity index (χ0v) is 29.5. The zero-order chi connectivity index (χ0) is 34.3. The van der Waals surface area contributed by atoms with Crippen LogP contribution in [0, 0.1) is 5.92 Å². The van der Waals surface area contributed by atoms with Gasteiger partial charge in [0.25, 0.3) is 5.91 Å². The molecule has 0 aromatic carbocycles. The molecule has 4 fully saturated rings. The number of sulfonamides is 1. The highest BCUT2D eigenvalue weighted by atomic mass is 32.2. The minimum absolute atomic E-state index is 0.000978. The molecule has 15 heteroatoms. The van der Waals surface area contributed by atoms with E-state index in [1.807, 2.05) is 5.38 Å². The van der Waals surface area contributed by atoms with Gasteiger partial charge in [0.2, 0.25) is 21.8 Å². The molecular weight excluding hydrogens is 657 g/mol. The number of fused-ring (bicyclic) bond motifs is 2. The van der Waals surface area contributed by atoms with Gasteiger partial charge in [-0.05, 0) is 44.1 Å². The quantitative estimate of drug-likeness (QED) is 0.363. The number of hydrogen-bond donors (Lipinski definition) is 3. The largest absolute Gasteiger partial charge is 0.445 e. The van der Waals surface area contributed by atoms with E-state index in [1.165, 1.54) is 28.6 Å². The summed E-state index contributed by atoms with van der Waals surface area (Å²) in [5.41, 5.74) is -0.0987. The van der Waals surface area contributed by atoms with Crippen molar-refractivity contribution in [2.45, 2.75) is 126 Å². The number of carbonyl (C=O) groups excluding carboxylic acids is 3. The second-order valence-electron chi connectivity index (χ2n) is 14.6. The van der Waals surface area contributed by atoms with E-state index in [9.17, 15) is 22.8 Å². The van der Waals surface area contributed by atoms with Crippen LogP contribution < -0.4 is 20.1 Å². The molecule has 2 aliphatic carbocycles. The van der Waals surface area contributed by atoms with E-state index in [0.717, 1.165) is 37.8 Å². The Kier molecular flexibility index (Phi) is 9.64. The zero-order valence-electron chi connectivity index (χ0n) is 27.8. The summed E-state index contributed by atoms with van der Waals surface area (Å²) < 4.78 is 39.2. The van der Waals surface area contributed by atoms with Crippen LogP contribution in [-0.2, 0) is 29.8 Å². The molecule has 0 bridgehead atoms. The fourth-order valence-electron chi connectivity index (χ4n) is 6.65. The van der Waals surface area contributed by atoms with Crippen LogP contribution >= 0.6 is 11.3 Å². The van der Waals surface area contributed by atoms with Crippen molar-refractivity contribution in [3.63, 3.8) is 0 Å². The van der Waals surface area contributed by atoms with Gasteiger partial charge < -0.3 is 24.7 Å². The predicted octanol–water partition coefficient (Wildman–Crippen LogP) is 4.13. The van der Waals surface area contributed by atoms with Crippen molar-refractivity contribution in [3.8, 4) is 6.08 Å². The highest BCUT2D eigenvalue weighted by Crippen LogP contribution is 2.48. The number of rotatable bonds is 8. The molecule has 6 rings (SSSR count). The highest BCUT2D eigenvalue weighted by molar-refractivity contribution is 7.91. The van der Waals surface area contributed by atoms with Gasteiger partial charge in [0.05, 0.1) is 17.5 Å². The van der Waals surface area contributed by atoms with Crippen LogP contribution in [0.25, 0.3) is 6.08 Å². The molecule has 4 aliphatic rings. The van der Waals surface area contributed by atoms with Gasteiger partial charge in [-0.25, -0.2) is 13.4 Å². The van der Waals surface area contributed by atoms with E-state index < -0.39 is 50.8 Å². The smallest absolute Gasteiger partial charge is 0.394 e. The lowest BCUT2D eigenvalue weighted by Crippen LogP contribution is -2.57. The van der Waals surface area contributed by atoms with E-state index in [4.69, 9.17) is 14.1 Å². The molecule has 0 unspecified atom stereocenters. The number of nitrogens with one attached hydrogen (secondary N) is 3.